The van der Waals surface area contributed by atoms with Crippen LogP contribution < -0.4 is 10.9 Å². The molecule has 38 heavy (non-hydrogen) atoms. The summed E-state index contributed by atoms with van der Waals surface area (Å²) in [5.41, 5.74) is 2.85. The lowest BCUT2D eigenvalue weighted by atomic mass is 10.1. The highest BCUT2D eigenvalue weighted by molar-refractivity contribution is 7.99. The van der Waals surface area contributed by atoms with Crippen molar-refractivity contribution in [1.82, 2.24) is 14.5 Å². The third-order valence-corrected chi connectivity index (χ3v) is 8.53. The molecule has 0 bridgehead atoms. The van der Waals surface area contributed by atoms with E-state index in [9.17, 15) is 19.2 Å². The summed E-state index contributed by atoms with van der Waals surface area (Å²) in [7, 11) is 0. The van der Waals surface area contributed by atoms with Crippen LogP contribution in [0.25, 0.3) is 10.2 Å². The molecule has 0 aliphatic carbocycles. The predicted octanol–water partition coefficient (Wildman–Crippen LogP) is 4.34. The molecule has 10 heteroatoms. The van der Waals surface area contributed by atoms with Crippen LogP contribution in [-0.4, -0.2) is 44.3 Å². The number of thioether (sulfide) groups is 1. The molecule has 194 valence electrons. The third-order valence-electron chi connectivity index (χ3n) is 6.44. The predicted molar refractivity (Wildman–Crippen MR) is 150 cm³/mol. The van der Waals surface area contributed by atoms with Crippen LogP contribution in [0, 0.1) is 0 Å². The molecule has 1 N–H and O–H groups in total. The van der Waals surface area contributed by atoms with Gasteiger partial charge in [0.05, 0.1) is 24.2 Å². The Balaban J connectivity index is 1.46. The van der Waals surface area contributed by atoms with E-state index in [2.05, 4.69) is 5.32 Å². The molecule has 2 amide bonds. The van der Waals surface area contributed by atoms with Crippen LogP contribution in [0.1, 0.15) is 40.2 Å². The van der Waals surface area contributed by atoms with Crippen LogP contribution in [-0.2, 0) is 29.1 Å². The second kappa shape index (κ2) is 10.9. The monoisotopic (exact) mass is 546 g/mol. The van der Waals surface area contributed by atoms with Crippen molar-refractivity contribution in [3.63, 3.8) is 0 Å². The maximum absolute atomic E-state index is 13.8. The zero-order chi connectivity index (χ0) is 26.8. The average molecular weight is 547 g/mol. The number of amides is 2. The zero-order valence-corrected chi connectivity index (χ0v) is 22.7. The standard InChI is InChI=1S/C28H26N4O4S2/c1-17(33)20-9-6-10-21(13-20)29-24(35)16-37-28-30-26-25(22-11-12-31(18(2)34)15-23(22)38-26)27(36)32(28)14-19-7-4-3-5-8-19/h3-10,13H,11-12,14-16H2,1-2H3,(H,29,35). The number of carbonyl (C=O) groups excluding carboxylic acids is 3. The number of Topliss-reactive ketones (excluding diaryl/α,β-unsaturated/α-hetero) is 1. The number of rotatable bonds is 7. The number of thiophene rings is 1. The Kier molecular flexibility index (Phi) is 7.44. The number of hydrogen-bond donors (Lipinski definition) is 1. The molecule has 0 fully saturated rings. The normalized spacial score (nSPS) is 12.8. The van der Waals surface area contributed by atoms with Crippen LogP contribution >= 0.6 is 23.1 Å². The van der Waals surface area contributed by atoms with Gasteiger partial charge in [0.25, 0.3) is 5.56 Å². The fourth-order valence-electron chi connectivity index (χ4n) is 4.48. The lowest BCUT2D eigenvalue weighted by Gasteiger charge is -2.25. The van der Waals surface area contributed by atoms with Crippen LogP contribution in [0.2, 0.25) is 0 Å². The number of nitrogens with zero attached hydrogens (tertiary/aromatic N) is 3. The molecule has 2 aromatic carbocycles. The number of hydrogen-bond acceptors (Lipinski definition) is 7. The summed E-state index contributed by atoms with van der Waals surface area (Å²) in [6, 6.07) is 16.5. The fraction of sp³-hybridized carbons (Fsp3) is 0.250. The number of benzene rings is 2. The van der Waals surface area contributed by atoms with Gasteiger partial charge in [0.1, 0.15) is 4.83 Å². The Bertz CT molecular complexity index is 1610. The maximum Gasteiger partial charge on any atom is 0.263 e. The van der Waals surface area contributed by atoms with E-state index in [4.69, 9.17) is 4.98 Å². The Morgan fingerprint density at radius 3 is 2.61 bits per heavy atom. The van der Waals surface area contributed by atoms with Gasteiger partial charge < -0.3 is 10.2 Å². The summed E-state index contributed by atoms with van der Waals surface area (Å²) < 4.78 is 1.64. The minimum Gasteiger partial charge on any atom is -0.337 e. The van der Waals surface area contributed by atoms with Gasteiger partial charge >= 0.3 is 0 Å². The number of ketones is 1. The number of carbonyl (C=O) groups is 3. The summed E-state index contributed by atoms with van der Waals surface area (Å²) >= 11 is 2.64. The van der Waals surface area contributed by atoms with Crippen molar-refractivity contribution >= 4 is 56.6 Å². The highest BCUT2D eigenvalue weighted by Crippen LogP contribution is 2.34. The van der Waals surface area contributed by atoms with Gasteiger partial charge in [-0.1, -0.05) is 54.2 Å². The van der Waals surface area contributed by atoms with Crippen LogP contribution in [0.3, 0.4) is 0 Å². The van der Waals surface area contributed by atoms with Gasteiger partial charge in [-0.05, 0) is 36.6 Å². The van der Waals surface area contributed by atoms with E-state index in [1.165, 1.54) is 30.0 Å². The van der Waals surface area contributed by atoms with E-state index in [1.807, 2.05) is 30.3 Å². The maximum atomic E-state index is 13.8. The highest BCUT2D eigenvalue weighted by Gasteiger charge is 2.26. The van der Waals surface area contributed by atoms with Gasteiger partial charge in [-0.25, -0.2) is 4.98 Å². The largest absolute Gasteiger partial charge is 0.337 e. The van der Waals surface area contributed by atoms with E-state index >= 15 is 0 Å². The lowest BCUT2D eigenvalue weighted by Crippen LogP contribution is -2.34. The summed E-state index contributed by atoms with van der Waals surface area (Å²) in [5.74, 6) is -0.291. The quantitative estimate of drug-likeness (QED) is 0.210. The average Bonchev–Trinajstić information content (AvgIpc) is 3.27. The van der Waals surface area contributed by atoms with Crippen molar-refractivity contribution in [2.24, 2.45) is 0 Å². The first-order chi connectivity index (χ1) is 18.3. The molecule has 0 spiro atoms. The van der Waals surface area contributed by atoms with Gasteiger partial charge in [0.2, 0.25) is 11.8 Å². The second-order valence-corrected chi connectivity index (χ2v) is 11.1. The zero-order valence-electron chi connectivity index (χ0n) is 21.0. The summed E-state index contributed by atoms with van der Waals surface area (Å²) in [5, 5.41) is 3.89. The van der Waals surface area contributed by atoms with E-state index in [0.717, 1.165) is 16.0 Å². The molecule has 3 heterocycles. The first kappa shape index (κ1) is 25.9. The van der Waals surface area contributed by atoms with Gasteiger partial charge in [-0.2, -0.15) is 0 Å². The summed E-state index contributed by atoms with van der Waals surface area (Å²) in [6.07, 6.45) is 0.616. The second-order valence-electron chi connectivity index (χ2n) is 9.12. The Hall–Kier alpha value is -3.76. The number of nitrogens with one attached hydrogen (secondary N) is 1. The van der Waals surface area contributed by atoms with E-state index in [0.29, 0.717) is 52.7 Å². The Morgan fingerprint density at radius 1 is 1.08 bits per heavy atom. The number of aromatic nitrogens is 2. The summed E-state index contributed by atoms with van der Waals surface area (Å²) in [6.45, 7) is 4.42. The fourth-order valence-corrected chi connectivity index (χ4v) is 6.56. The van der Waals surface area contributed by atoms with E-state index in [1.54, 1.807) is 40.7 Å². The molecular weight excluding hydrogens is 520 g/mol. The van der Waals surface area contributed by atoms with Crippen LogP contribution in [0.4, 0.5) is 5.69 Å². The van der Waals surface area contributed by atoms with Crippen LogP contribution in [0.15, 0.2) is 64.5 Å². The van der Waals surface area contributed by atoms with Crippen molar-refractivity contribution in [3.05, 3.63) is 86.5 Å². The molecule has 0 saturated carbocycles. The molecule has 0 radical (unpaired) electrons. The van der Waals surface area contributed by atoms with Crippen molar-refractivity contribution < 1.29 is 14.4 Å². The Labute approximate surface area is 227 Å². The van der Waals surface area contributed by atoms with Crippen molar-refractivity contribution in [3.8, 4) is 0 Å². The summed E-state index contributed by atoms with van der Waals surface area (Å²) in [4.78, 5) is 58.5. The molecule has 4 aromatic rings. The van der Waals surface area contributed by atoms with E-state index in [-0.39, 0.29) is 28.9 Å². The molecule has 8 nitrogen and oxygen atoms in total. The van der Waals surface area contributed by atoms with Gasteiger partial charge in [0.15, 0.2) is 10.9 Å². The molecule has 0 atom stereocenters. The molecule has 0 saturated heterocycles. The molecule has 2 aromatic heterocycles. The van der Waals surface area contributed by atoms with Crippen molar-refractivity contribution in [2.75, 3.05) is 17.6 Å². The highest BCUT2D eigenvalue weighted by atomic mass is 32.2. The van der Waals surface area contributed by atoms with Gasteiger partial charge in [0, 0.05) is 29.6 Å². The van der Waals surface area contributed by atoms with Gasteiger partial charge in [-0.15, -0.1) is 11.3 Å². The number of fused-ring (bicyclic) bond motifs is 3. The van der Waals surface area contributed by atoms with Crippen molar-refractivity contribution in [1.29, 1.82) is 0 Å². The molecule has 0 unspecified atom stereocenters. The van der Waals surface area contributed by atoms with Crippen molar-refractivity contribution in [2.45, 2.75) is 38.5 Å². The first-order valence-electron chi connectivity index (χ1n) is 12.2. The molecule has 1 aliphatic rings. The van der Waals surface area contributed by atoms with Crippen LogP contribution in [0.5, 0.6) is 0 Å². The van der Waals surface area contributed by atoms with E-state index < -0.39 is 0 Å². The topological polar surface area (TPSA) is 101 Å². The smallest absolute Gasteiger partial charge is 0.263 e. The Morgan fingerprint density at radius 2 is 1.87 bits per heavy atom. The minimum atomic E-state index is -0.265. The first-order valence-corrected chi connectivity index (χ1v) is 14.0. The molecule has 5 rings (SSSR count). The lowest BCUT2D eigenvalue weighted by molar-refractivity contribution is -0.129. The third kappa shape index (κ3) is 5.41. The molecular formula is C28H26N4O4S2. The molecule has 1 aliphatic heterocycles. The van der Waals surface area contributed by atoms with Gasteiger partial charge in [-0.3, -0.25) is 23.7 Å². The number of anilines is 1. The minimum absolute atomic E-state index is 0.0126. The SMILES string of the molecule is CC(=O)c1cccc(NC(=O)CSc2nc3sc4c(c3c(=O)n2Cc2ccccc2)CCN(C(C)=O)C4)c1.